The summed E-state index contributed by atoms with van der Waals surface area (Å²) in [5.41, 5.74) is 3.53. The molecule has 1 N–H and O–H groups in total. The summed E-state index contributed by atoms with van der Waals surface area (Å²) in [5.74, 6) is 0.113. The third-order valence-electron chi connectivity index (χ3n) is 6.17. The fourth-order valence-corrected chi connectivity index (χ4v) is 4.29. The highest BCUT2D eigenvalue weighted by molar-refractivity contribution is 6.06. The first-order valence-electron chi connectivity index (χ1n) is 10.9. The van der Waals surface area contributed by atoms with Crippen LogP contribution in [0, 0.1) is 5.82 Å². The Hall–Kier alpha value is -2.83. The van der Waals surface area contributed by atoms with Crippen molar-refractivity contribution in [3.05, 3.63) is 77.2 Å². The third kappa shape index (κ3) is 4.45. The van der Waals surface area contributed by atoms with Crippen LogP contribution in [0.15, 0.2) is 54.6 Å². The number of aromatic nitrogens is 1. The van der Waals surface area contributed by atoms with Gasteiger partial charge in [0.25, 0.3) is 5.91 Å². The number of nitrogens with one attached hydrogen (secondary N) is 1. The van der Waals surface area contributed by atoms with Gasteiger partial charge in [-0.25, -0.2) is 4.39 Å². The third-order valence-corrected chi connectivity index (χ3v) is 6.17. The molecule has 5 nitrogen and oxygen atoms in total. The van der Waals surface area contributed by atoms with E-state index in [1.54, 1.807) is 12.1 Å². The number of ether oxygens (including phenoxy) is 1. The van der Waals surface area contributed by atoms with Crippen molar-refractivity contribution in [2.45, 2.75) is 24.8 Å². The van der Waals surface area contributed by atoms with Crippen LogP contribution in [0.25, 0.3) is 10.9 Å². The number of pyridine rings is 1. The minimum Gasteiger partial charge on any atom is -0.379 e. The zero-order valence-electron chi connectivity index (χ0n) is 17.4. The van der Waals surface area contributed by atoms with E-state index in [9.17, 15) is 9.18 Å². The lowest BCUT2D eigenvalue weighted by Crippen LogP contribution is -2.43. The highest BCUT2D eigenvalue weighted by Crippen LogP contribution is 2.40. The van der Waals surface area contributed by atoms with Crippen LogP contribution in [0.5, 0.6) is 0 Å². The monoisotopic (exact) mass is 419 g/mol. The van der Waals surface area contributed by atoms with Crippen molar-refractivity contribution in [1.82, 2.24) is 15.2 Å². The Balaban J connectivity index is 1.40. The molecular formula is C25H26FN3O2. The van der Waals surface area contributed by atoms with E-state index >= 15 is 0 Å². The number of rotatable bonds is 6. The zero-order chi connectivity index (χ0) is 21.2. The van der Waals surface area contributed by atoms with E-state index in [1.165, 1.54) is 12.1 Å². The Bertz CT molecular complexity index is 1080. The highest BCUT2D eigenvalue weighted by Gasteiger charge is 2.28. The topological polar surface area (TPSA) is 54.5 Å². The lowest BCUT2D eigenvalue weighted by molar-refractivity contribution is 0.0162. The molecular weight excluding hydrogens is 393 g/mol. The molecule has 160 valence electrons. The van der Waals surface area contributed by atoms with Crippen molar-refractivity contribution in [2.24, 2.45) is 0 Å². The van der Waals surface area contributed by atoms with Crippen LogP contribution in [0.1, 0.15) is 46.4 Å². The number of nitrogens with zero attached hydrogens (tertiary/aromatic N) is 2. The van der Waals surface area contributed by atoms with Crippen LogP contribution in [-0.4, -0.2) is 48.6 Å². The number of morpholine rings is 1. The molecule has 2 aliphatic rings. The first-order chi connectivity index (χ1) is 15.2. The summed E-state index contributed by atoms with van der Waals surface area (Å²) in [5, 5.41) is 4.01. The van der Waals surface area contributed by atoms with E-state index in [4.69, 9.17) is 9.72 Å². The summed E-state index contributed by atoms with van der Waals surface area (Å²) in [6.45, 7) is 3.32. The van der Waals surface area contributed by atoms with Gasteiger partial charge in [0.2, 0.25) is 0 Å². The molecule has 2 fully saturated rings. The average Bonchev–Trinajstić information content (AvgIpc) is 3.66. The number of halogens is 1. The van der Waals surface area contributed by atoms with E-state index in [1.807, 2.05) is 30.3 Å². The number of amides is 1. The SMILES string of the molecule is O=C(NCC(c1ccc(F)cc1)N1CCOCC1)c1cc(C2CC2)nc2ccccc12. The first kappa shape index (κ1) is 20.1. The second-order valence-electron chi connectivity index (χ2n) is 8.31. The first-order valence-corrected chi connectivity index (χ1v) is 10.9. The van der Waals surface area contributed by atoms with Crippen molar-refractivity contribution in [3.8, 4) is 0 Å². The molecule has 2 heterocycles. The predicted octanol–water partition coefficient (Wildman–Crippen LogP) is 4.05. The molecule has 5 rings (SSSR count). The fourth-order valence-electron chi connectivity index (χ4n) is 4.29. The van der Waals surface area contributed by atoms with Gasteiger partial charge in [0.1, 0.15) is 5.82 Å². The van der Waals surface area contributed by atoms with Gasteiger partial charge in [0.05, 0.1) is 30.3 Å². The summed E-state index contributed by atoms with van der Waals surface area (Å²) < 4.78 is 19.0. The van der Waals surface area contributed by atoms with Gasteiger partial charge in [-0.1, -0.05) is 30.3 Å². The van der Waals surface area contributed by atoms with E-state index in [0.717, 1.165) is 48.1 Å². The van der Waals surface area contributed by atoms with Crippen molar-refractivity contribution in [3.63, 3.8) is 0 Å². The normalized spacial score (nSPS) is 18.1. The van der Waals surface area contributed by atoms with Crippen LogP contribution >= 0.6 is 0 Å². The molecule has 1 atom stereocenters. The fraction of sp³-hybridized carbons (Fsp3) is 0.360. The molecule has 1 saturated heterocycles. The minimum absolute atomic E-state index is 0.0375. The van der Waals surface area contributed by atoms with Gasteiger partial charge in [-0.3, -0.25) is 14.7 Å². The summed E-state index contributed by atoms with van der Waals surface area (Å²) >= 11 is 0. The lowest BCUT2D eigenvalue weighted by atomic mass is 10.0. The standard InChI is InChI=1S/C25H26FN3O2/c26-19-9-7-18(8-10-19)24(29-11-13-31-14-12-29)16-27-25(30)21-15-23(17-5-6-17)28-22-4-2-1-3-20(21)22/h1-4,7-10,15,17,24H,5-6,11-14,16H2,(H,27,30). The molecule has 1 amide bonds. The second kappa shape index (κ2) is 8.73. The van der Waals surface area contributed by atoms with Crippen LogP contribution < -0.4 is 5.32 Å². The quantitative estimate of drug-likeness (QED) is 0.655. The Kier molecular flexibility index (Phi) is 5.66. The molecule has 0 spiro atoms. The second-order valence-corrected chi connectivity index (χ2v) is 8.31. The Morgan fingerprint density at radius 3 is 2.61 bits per heavy atom. The van der Waals surface area contributed by atoms with E-state index < -0.39 is 0 Å². The van der Waals surface area contributed by atoms with Crippen LogP contribution in [0.2, 0.25) is 0 Å². The number of hydrogen-bond donors (Lipinski definition) is 1. The Labute approximate surface area is 181 Å². The molecule has 0 bridgehead atoms. The zero-order valence-corrected chi connectivity index (χ0v) is 17.4. The Morgan fingerprint density at radius 1 is 1.13 bits per heavy atom. The van der Waals surface area contributed by atoms with Crippen molar-refractivity contribution in [2.75, 3.05) is 32.8 Å². The average molecular weight is 420 g/mol. The predicted molar refractivity (Wildman–Crippen MR) is 118 cm³/mol. The summed E-state index contributed by atoms with van der Waals surface area (Å²) in [4.78, 5) is 20.3. The summed E-state index contributed by atoms with van der Waals surface area (Å²) in [6.07, 6.45) is 2.27. The number of hydrogen-bond acceptors (Lipinski definition) is 4. The number of para-hydroxylation sites is 1. The number of fused-ring (bicyclic) bond motifs is 1. The van der Waals surface area contributed by atoms with Gasteiger partial charge in [-0.2, -0.15) is 0 Å². The van der Waals surface area contributed by atoms with Crippen LogP contribution in [-0.2, 0) is 4.74 Å². The molecule has 1 saturated carbocycles. The molecule has 3 aromatic rings. The molecule has 6 heteroatoms. The van der Waals surface area contributed by atoms with Crippen molar-refractivity contribution >= 4 is 16.8 Å². The van der Waals surface area contributed by atoms with Crippen molar-refractivity contribution < 1.29 is 13.9 Å². The molecule has 1 aliphatic carbocycles. The molecule has 1 aromatic heterocycles. The lowest BCUT2D eigenvalue weighted by Gasteiger charge is -2.35. The molecule has 1 aliphatic heterocycles. The maximum Gasteiger partial charge on any atom is 0.252 e. The minimum atomic E-state index is -0.260. The maximum atomic E-state index is 13.5. The van der Waals surface area contributed by atoms with E-state index in [-0.39, 0.29) is 17.8 Å². The molecule has 31 heavy (non-hydrogen) atoms. The molecule has 2 aromatic carbocycles. The number of benzene rings is 2. The summed E-state index contributed by atoms with van der Waals surface area (Å²) in [7, 11) is 0. The van der Waals surface area contributed by atoms with Gasteiger partial charge in [0.15, 0.2) is 0 Å². The van der Waals surface area contributed by atoms with Crippen LogP contribution in [0.4, 0.5) is 4.39 Å². The smallest absolute Gasteiger partial charge is 0.252 e. The van der Waals surface area contributed by atoms with Gasteiger partial charge >= 0.3 is 0 Å². The number of carbonyl (C=O) groups excluding carboxylic acids is 1. The maximum absolute atomic E-state index is 13.5. The summed E-state index contributed by atoms with van der Waals surface area (Å²) in [6, 6.07) is 16.3. The highest BCUT2D eigenvalue weighted by atomic mass is 19.1. The van der Waals surface area contributed by atoms with Gasteiger partial charge in [-0.05, 0) is 42.7 Å². The van der Waals surface area contributed by atoms with E-state index in [0.29, 0.717) is 31.2 Å². The van der Waals surface area contributed by atoms with Crippen molar-refractivity contribution in [1.29, 1.82) is 0 Å². The van der Waals surface area contributed by atoms with Gasteiger partial charge in [-0.15, -0.1) is 0 Å². The number of carbonyl (C=O) groups is 1. The molecule has 1 unspecified atom stereocenters. The van der Waals surface area contributed by atoms with Gasteiger partial charge in [0, 0.05) is 36.6 Å². The molecule has 0 radical (unpaired) electrons. The largest absolute Gasteiger partial charge is 0.379 e. The van der Waals surface area contributed by atoms with E-state index in [2.05, 4.69) is 10.2 Å². The Morgan fingerprint density at radius 2 is 1.87 bits per heavy atom. The van der Waals surface area contributed by atoms with Gasteiger partial charge < -0.3 is 10.1 Å². The van der Waals surface area contributed by atoms with Crippen LogP contribution in [0.3, 0.4) is 0 Å².